The van der Waals surface area contributed by atoms with Crippen LogP contribution >= 0.6 is 0 Å². The van der Waals surface area contributed by atoms with E-state index < -0.39 is 107 Å². The normalized spacial score (nSPS) is 16.3. The number of benzene rings is 4. The average molecular weight is 1340 g/mol. The zero-order chi connectivity index (χ0) is 68.5. The van der Waals surface area contributed by atoms with Crippen LogP contribution in [0.2, 0.25) is 0 Å². The molecule has 96 heavy (non-hydrogen) atoms. The summed E-state index contributed by atoms with van der Waals surface area (Å²) in [6.07, 6.45) is -5.37. The first-order chi connectivity index (χ1) is 43.5. The number of esters is 1. The van der Waals surface area contributed by atoms with Gasteiger partial charge in [0, 0.05) is 54.3 Å². The van der Waals surface area contributed by atoms with Crippen molar-refractivity contribution in [1.82, 2.24) is 29.6 Å². The molecule has 2 aromatic heterocycles. The van der Waals surface area contributed by atoms with E-state index >= 15 is 8.78 Å². The molecule has 0 spiro atoms. The molecular formula is C71H84F8LiN6O10-. The summed E-state index contributed by atoms with van der Waals surface area (Å²) in [5.41, 5.74) is 5.03. The number of hydrogen-bond donors (Lipinski definition) is 3. The predicted molar refractivity (Wildman–Crippen MR) is 343 cm³/mol. The number of halogens is 8. The van der Waals surface area contributed by atoms with Gasteiger partial charge in [0.2, 0.25) is 11.8 Å². The first-order valence-electron chi connectivity index (χ1n) is 31.2. The molecule has 516 valence electrons. The van der Waals surface area contributed by atoms with Gasteiger partial charge in [0.15, 0.2) is 0 Å². The molecule has 2 aliphatic carbocycles. The molecule has 0 saturated heterocycles. The molecule has 6 aromatic rings. The second-order valence-corrected chi connectivity index (χ2v) is 26.2. The predicted octanol–water partition coefficient (Wildman–Crippen LogP) is 10.2. The number of amides is 2. The number of carboxylic acid groups (broad SMARTS) is 1. The van der Waals surface area contributed by atoms with Crippen LogP contribution in [-0.2, 0) is 49.1 Å². The maximum atomic E-state index is 15.9. The van der Waals surface area contributed by atoms with Crippen LogP contribution in [0.1, 0.15) is 166 Å². The van der Waals surface area contributed by atoms with E-state index in [2.05, 4.69) is 10.6 Å². The molecule has 5 N–H and O–H groups in total. The van der Waals surface area contributed by atoms with Crippen molar-refractivity contribution < 1.29 is 94.0 Å². The molecule has 3 unspecified atom stereocenters. The third-order valence-corrected chi connectivity index (χ3v) is 17.6. The average Bonchev–Trinajstić information content (AvgIpc) is 1.47. The monoisotopic (exact) mass is 1340 g/mol. The third-order valence-electron chi connectivity index (χ3n) is 17.6. The number of aliphatic carboxylic acids is 1. The van der Waals surface area contributed by atoms with Gasteiger partial charge in [-0.05, 0) is 207 Å². The molecule has 9 rings (SSSR count). The van der Waals surface area contributed by atoms with Gasteiger partial charge in [-0.2, -0.15) is 26.3 Å². The van der Waals surface area contributed by atoms with Crippen molar-refractivity contribution in [2.24, 2.45) is 11.8 Å². The standard InChI is InChI=1S/C36H41F4N3O4.C35H41F4N3O4.Li.2H2O/c1-19-11-20(2)33-25-13-21(3)34(37)27(15-25)29(17-32(45)47-22(4)26(33)12-19)41-35(46)30(14-23-7-8-23)43-18-24(9-10-42(5)6)28(16-31(43)44)36(38,39)40;1-19-11-20(2)32(21(3)12-19)25-13-22(4)33(36)26(15-25)28(17-31(44)45)40-34(46)29(14-23-7-8-23)42-18-24(9-10-41(5)6)27(16-30(42)43)35(37,38)39;;;/h11-13,15-16,18,22-23,29-30H,7-10,14,17H2,1-6H3,(H,41,46);11-13,15-16,18,23,28-29H,7-10,14,17H2,1-6H3,(H,40,46)(H,44,45);;2*1H2/q;;+1;;/p-2/t22?,29-,30?;28-,29?;;;/m00.../s1. The first kappa shape index (κ1) is 79.2. The van der Waals surface area contributed by atoms with Crippen LogP contribution in [0.15, 0.2) is 82.6 Å². The van der Waals surface area contributed by atoms with E-state index in [9.17, 15) is 60.2 Å². The fourth-order valence-electron chi connectivity index (χ4n) is 12.7. The Bertz CT molecular complexity index is 3950. The molecule has 2 bridgehead atoms. The summed E-state index contributed by atoms with van der Waals surface area (Å²) in [5, 5.41) is 15.3. The maximum Gasteiger partial charge on any atom is 1.00 e. The summed E-state index contributed by atoms with van der Waals surface area (Å²) in [6, 6.07) is 10.7. The molecule has 25 heteroatoms. The van der Waals surface area contributed by atoms with E-state index in [1.807, 2.05) is 58.9 Å². The van der Waals surface area contributed by atoms with Crippen molar-refractivity contribution in [3.63, 3.8) is 0 Å². The molecule has 5 atom stereocenters. The number of likely N-dealkylation sites (N-methyl/N-ethyl adjacent to an activating group) is 2. The van der Waals surface area contributed by atoms with E-state index in [0.29, 0.717) is 35.4 Å². The Morgan fingerprint density at radius 3 is 1.49 bits per heavy atom. The molecule has 16 nitrogen and oxygen atoms in total. The van der Waals surface area contributed by atoms with E-state index in [0.717, 1.165) is 91.7 Å². The van der Waals surface area contributed by atoms with Crippen LogP contribution in [0.5, 0.6) is 0 Å². The summed E-state index contributed by atoms with van der Waals surface area (Å²) < 4.78 is 123. The number of nitrogens with zero attached hydrogens (tertiary/aromatic N) is 4. The second-order valence-electron chi connectivity index (χ2n) is 26.2. The first-order valence-corrected chi connectivity index (χ1v) is 31.2. The Hall–Kier alpha value is -7.46. The van der Waals surface area contributed by atoms with Crippen LogP contribution in [0, 0.1) is 71.9 Å². The van der Waals surface area contributed by atoms with Crippen LogP contribution in [0.3, 0.4) is 0 Å². The third kappa shape index (κ3) is 19.4. The van der Waals surface area contributed by atoms with Crippen molar-refractivity contribution >= 4 is 23.8 Å². The van der Waals surface area contributed by atoms with E-state index in [1.54, 1.807) is 83.0 Å². The number of cyclic esters (lactones) is 1. The van der Waals surface area contributed by atoms with Gasteiger partial charge in [0.1, 0.15) is 29.8 Å². The minimum absolute atomic E-state index is 0. The summed E-state index contributed by atoms with van der Waals surface area (Å²) in [5.74, 6) is -4.48. The van der Waals surface area contributed by atoms with Gasteiger partial charge in [0.25, 0.3) is 11.1 Å². The Balaban J connectivity index is 0.000000337. The van der Waals surface area contributed by atoms with E-state index in [1.165, 1.54) is 0 Å². The zero-order valence-corrected chi connectivity index (χ0v) is 56.5. The van der Waals surface area contributed by atoms with Crippen LogP contribution in [-0.4, -0.2) is 100 Å². The number of hydrogen-bond acceptors (Lipinski definition) is 11. The molecule has 3 heterocycles. The van der Waals surface area contributed by atoms with Crippen molar-refractivity contribution in [3.8, 4) is 22.3 Å². The van der Waals surface area contributed by atoms with Gasteiger partial charge >= 0.3 is 43.2 Å². The summed E-state index contributed by atoms with van der Waals surface area (Å²) in [4.78, 5) is 83.2. The maximum absolute atomic E-state index is 15.9. The Kier molecular flexibility index (Phi) is 26.6. The summed E-state index contributed by atoms with van der Waals surface area (Å²) in [7, 11) is 6.89. The molecule has 2 saturated carbocycles. The van der Waals surface area contributed by atoms with Crippen LogP contribution in [0.25, 0.3) is 22.3 Å². The largest absolute Gasteiger partial charge is 1.00 e. The Morgan fingerprint density at radius 1 is 0.604 bits per heavy atom. The Labute approximate surface area is 565 Å². The number of pyridine rings is 2. The van der Waals surface area contributed by atoms with E-state index in [4.69, 9.17) is 4.74 Å². The number of fused-ring (bicyclic) bond motifs is 4. The molecule has 0 radical (unpaired) electrons. The fourth-order valence-corrected chi connectivity index (χ4v) is 12.7. The second kappa shape index (κ2) is 32.3. The topological polar surface area (TPSA) is 232 Å². The molecule has 2 fully saturated rings. The van der Waals surface area contributed by atoms with Crippen molar-refractivity contribution in [2.75, 3.05) is 41.3 Å². The minimum atomic E-state index is -4.77. The van der Waals surface area contributed by atoms with Gasteiger partial charge < -0.3 is 50.4 Å². The number of aromatic nitrogens is 2. The molecule has 3 aliphatic rings. The molecule has 4 aromatic carbocycles. The number of carbonyl (C=O) groups excluding carboxylic acids is 3. The number of ether oxygens (including phenoxy) is 1. The summed E-state index contributed by atoms with van der Waals surface area (Å²) >= 11 is 0. The smallest absolute Gasteiger partial charge is 0.870 e. The molecular weight excluding hydrogens is 1260 g/mol. The number of aryl methyl sites for hydroxylation is 7. The van der Waals surface area contributed by atoms with Crippen molar-refractivity contribution in [1.29, 1.82) is 0 Å². The number of carboxylic acids is 1. The van der Waals surface area contributed by atoms with Crippen molar-refractivity contribution in [3.05, 3.63) is 183 Å². The van der Waals surface area contributed by atoms with Crippen LogP contribution in [0.4, 0.5) is 35.1 Å². The number of rotatable bonds is 20. The van der Waals surface area contributed by atoms with Crippen molar-refractivity contribution in [2.45, 2.75) is 162 Å². The van der Waals surface area contributed by atoms with Gasteiger partial charge in [-0.1, -0.05) is 61.1 Å². The number of nitrogens with one attached hydrogen (secondary N) is 2. The van der Waals surface area contributed by atoms with Gasteiger partial charge in [-0.15, -0.1) is 0 Å². The van der Waals surface area contributed by atoms with E-state index in [-0.39, 0.29) is 108 Å². The number of alkyl halides is 6. The van der Waals surface area contributed by atoms with Gasteiger partial charge in [-0.3, -0.25) is 28.8 Å². The van der Waals surface area contributed by atoms with Gasteiger partial charge in [-0.25, -0.2) is 8.78 Å². The molecule has 1 aliphatic heterocycles. The van der Waals surface area contributed by atoms with Gasteiger partial charge in [0.05, 0.1) is 36.1 Å². The van der Waals surface area contributed by atoms with Crippen LogP contribution < -0.4 is 40.6 Å². The molecule has 2 amide bonds. The zero-order valence-electron chi connectivity index (χ0n) is 56.5. The minimum Gasteiger partial charge on any atom is -0.870 e. The SMILES string of the molecule is Cc1cc(C)c(-c2cc(C)c(F)c([C@H](CC(=O)O)NC(=O)C(CC3CC3)n3cc(CCN(C)C)c(C(F)(F)F)cc3=O)c2)c(C)c1.Cc1cc(C)c2c(c1)C(C)OC(=O)C[C@H](NC(=O)C(CC1CC1)n1cc(CCN(C)C)c(C(F)(F)F)cc1=O)c1cc-2cc(C)c1F.[Li+].[OH-].[OH-]. The fraction of sp³-hybridized carbons (Fsp3) is 0.465. The quantitative estimate of drug-likeness (QED) is 0.0368. The summed E-state index contributed by atoms with van der Waals surface area (Å²) in [6.45, 7) is 15.2. The number of carbonyl (C=O) groups is 4. The Morgan fingerprint density at radius 2 is 1.04 bits per heavy atom.